The van der Waals surface area contributed by atoms with Crippen molar-refractivity contribution >= 4 is 29.2 Å². The fraction of sp³-hybridized carbons (Fsp3) is 0.678. The molecule has 0 unspecified atom stereocenters. The number of aliphatic hydroxyl groups is 3. The summed E-state index contributed by atoms with van der Waals surface area (Å²) in [6.45, 7) is 12.7. The van der Waals surface area contributed by atoms with E-state index in [2.05, 4.69) is 0 Å². The van der Waals surface area contributed by atoms with Crippen molar-refractivity contribution in [3.05, 3.63) is 65.3 Å². The number of Topliss-reactive ketones (excluding diaryl/α,β-unsaturated/α-hetero) is 3. The number of cyclic esters (lactones) is 1. The maximum atomic E-state index is 14.6. The predicted octanol–water partition coefficient (Wildman–Crippen LogP) is 7.98. The third kappa shape index (κ3) is 15.3. The van der Waals surface area contributed by atoms with Crippen LogP contribution in [0.5, 0.6) is 17.2 Å². The number of carbonyl (C=O) groups excluding carboxylic acids is 5. The molecule has 1 aromatic rings. The molecule has 2 saturated heterocycles. The van der Waals surface area contributed by atoms with Gasteiger partial charge in [-0.2, -0.15) is 0 Å². The topological polar surface area (TPSA) is 214 Å². The second kappa shape index (κ2) is 28.1. The monoisotopic (exact) mass is 1050 g/mol. The number of methoxy groups -OCH3 is 5. The lowest BCUT2D eigenvalue weighted by Gasteiger charge is -2.43. The molecular formula is C59H87NO15. The summed E-state index contributed by atoms with van der Waals surface area (Å²) in [5, 5.41) is 34.5. The van der Waals surface area contributed by atoms with Crippen LogP contribution in [-0.4, -0.2) is 140 Å². The number of carbonyl (C=O) groups is 5. The van der Waals surface area contributed by atoms with E-state index >= 15 is 0 Å². The Morgan fingerprint density at radius 2 is 1.49 bits per heavy atom. The quantitative estimate of drug-likeness (QED) is 0.122. The van der Waals surface area contributed by atoms with Crippen LogP contribution >= 0.6 is 0 Å². The van der Waals surface area contributed by atoms with E-state index in [1.54, 1.807) is 67.4 Å². The van der Waals surface area contributed by atoms with Crippen LogP contribution in [0.3, 0.4) is 0 Å². The summed E-state index contributed by atoms with van der Waals surface area (Å²) in [5.74, 6) is -7.38. The molecule has 3 heterocycles. The average Bonchev–Trinajstić information content (AvgIpc) is 3.40. The highest BCUT2D eigenvalue weighted by Crippen LogP contribution is 2.47. The van der Waals surface area contributed by atoms with Gasteiger partial charge in [0, 0.05) is 68.6 Å². The lowest BCUT2D eigenvalue weighted by molar-refractivity contribution is -0.264. The number of ether oxygens (including phenoxy) is 7. The highest BCUT2D eigenvalue weighted by molar-refractivity contribution is 6.39. The van der Waals surface area contributed by atoms with E-state index in [1.165, 1.54) is 12.0 Å². The van der Waals surface area contributed by atoms with Gasteiger partial charge in [0.05, 0.1) is 39.6 Å². The van der Waals surface area contributed by atoms with Gasteiger partial charge in [-0.3, -0.25) is 19.2 Å². The molecule has 16 nitrogen and oxygen atoms in total. The van der Waals surface area contributed by atoms with Gasteiger partial charge in [0.15, 0.2) is 5.78 Å². The highest BCUT2D eigenvalue weighted by Gasteiger charge is 2.53. The Bertz CT molecular complexity index is 2230. The number of fused-ring (bicyclic) bond motifs is 3. The van der Waals surface area contributed by atoms with Crippen LogP contribution in [0.15, 0.2) is 59.7 Å². The number of benzene rings is 1. The van der Waals surface area contributed by atoms with Crippen LogP contribution in [-0.2, 0) is 42.9 Å². The number of ketones is 3. The normalized spacial score (nSPS) is 36.4. The van der Waals surface area contributed by atoms with Crippen LogP contribution in [0.4, 0.5) is 0 Å². The average molecular weight is 1050 g/mol. The fourth-order valence-corrected chi connectivity index (χ4v) is 11.6. The lowest BCUT2D eigenvalue weighted by Crippen LogP contribution is -2.60. The summed E-state index contributed by atoms with van der Waals surface area (Å²) < 4.78 is 41.4. The number of hydrogen-bond acceptors (Lipinski definition) is 15. The molecule has 5 rings (SSSR count). The highest BCUT2D eigenvalue weighted by atomic mass is 16.6. The van der Waals surface area contributed by atoms with Crippen LogP contribution < -0.4 is 14.2 Å². The molecule has 3 aliphatic heterocycles. The molecule has 1 aliphatic carbocycles. The second-order valence-corrected chi connectivity index (χ2v) is 21.9. The molecule has 75 heavy (non-hydrogen) atoms. The molecule has 0 spiro atoms. The Kier molecular flexibility index (Phi) is 22.9. The van der Waals surface area contributed by atoms with Crippen molar-refractivity contribution in [3.8, 4) is 17.2 Å². The molecular weight excluding hydrogens is 963 g/mol. The van der Waals surface area contributed by atoms with Crippen LogP contribution in [0, 0.1) is 35.5 Å². The van der Waals surface area contributed by atoms with Gasteiger partial charge in [0.1, 0.15) is 47.4 Å². The molecule has 418 valence electrons. The number of aliphatic hydroxyl groups excluding tert-OH is 2. The van der Waals surface area contributed by atoms with E-state index < -0.39 is 83.7 Å². The first kappa shape index (κ1) is 61.1. The molecule has 0 radical (unpaired) electrons. The molecule has 1 amide bonds. The number of amides is 1. The third-order valence-electron chi connectivity index (χ3n) is 16.4. The summed E-state index contributed by atoms with van der Waals surface area (Å²) in [5.41, 5.74) is 1.93. The zero-order valence-electron chi connectivity index (χ0n) is 46.6. The van der Waals surface area contributed by atoms with Gasteiger partial charge in [0.25, 0.3) is 11.7 Å². The number of rotatable bonds is 9. The minimum Gasteiger partial charge on any atom is -0.496 e. The minimum absolute atomic E-state index is 0.0327. The molecule has 1 aromatic carbocycles. The van der Waals surface area contributed by atoms with Gasteiger partial charge < -0.3 is 53.4 Å². The molecule has 1 saturated carbocycles. The molecule has 16 heteroatoms. The zero-order chi connectivity index (χ0) is 55.3. The Morgan fingerprint density at radius 3 is 2.13 bits per heavy atom. The van der Waals surface area contributed by atoms with Gasteiger partial charge in [-0.25, -0.2) is 4.79 Å². The Hall–Kier alpha value is -4.71. The number of nitrogens with zero attached hydrogens (tertiary/aromatic N) is 1. The van der Waals surface area contributed by atoms with Crippen molar-refractivity contribution in [2.24, 2.45) is 35.5 Å². The maximum absolute atomic E-state index is 14.6. The lowest BCUT2D eigenvalue weighted by atomic mass is 9.78. The van der Waals surface area contributed by atoms with Crippen molar-refractivity contribution < 1.29 is 72.5 Å². The van der Waals surface area contributed by atoms with Gasteiger partial charge in [0.2, 0.25) is 5.79 Å². The van der Waals surface area contributed by atoms with E-state index in [1.807, 2.05) is 58.1 Å². The van der Waals surface area contributed by atoms with E-state index in [0.29, 0.717) is 86.2 Å². The first-order chi connectivity index (χ1) is 35.6. The predicted molar refractivity (Wildman–Crippen MR) is 283 cm³/mol. The summed E-state index contributed by atoms with van der Waals surface area (Å²) in [7, 11) is 7.58. The van der Waals surface area contributed by atoms with E-state index in [-0.39, 0.29) is 61.2 Å². The first-order valence-electron chi connectivity index (χ1n) is 27.1. The number of allylic oxidation sites excluding steroid dienone is 7. The van der Waals surface area contributed by atoms with Crippen molar-refractivity contribution in [1.29, 1.82) is 0 Å². The molecule has 15 atom stereocenters. The van der Waals surface area contributed by atoms with Crippen molar-refractivity contribution in [3.63, 3.8) is 0 Å². The van der Waals surface area contributed by atoms with E-state index in [0.717, 1.165) is 5.57 Å². The molecule has 3 fully saturated rings. The Labute approximate surface area is 445 Å². The van der Waals surface area contributed by atoms with Crippen molar-refractivity contribution in [2.45, 2.75) is 180 Å². The Balaban J connectivity index is 1.56. The smallest absolute Gasteiger partial charge is 0.329 e. The molecule has 2 bridgehead atoms. The van der Waals surface area contributed by atoms with Gasteiger partial charge in [-0.05, 0) is 108 Å². The molecule has 3 N–H and O–H groups in total. The van der Waals surface area contributed by atoms with E-state index in [9.17, 15) is 39.3 Å². The third-order valence-corrected chi connectivity index (χ3v) is 16.4. The summed E-state index contributed by atoms with van der Waals surface area (Å²) in [6.07, 6.45) is 11.0. The minimum atomic E-state index is -2.52. The van der Waals surface area contributed by atoms with Crippen LogP contribution in [0.25, 0.3) is 0 Å². The van der Waals surface area contributed by atoms with E-state index in [4.69, 9.17) is 33.2 Å². The number of piperidine rings is 1. The Morgan fingerprint density at radius 1 is 0.800 bits per heavy atom. The van der Waals surface area contributed by atoms with Gasteiger partial charge in [-0.15, -0.1) is 0 Å². The fourth-order valence-electron chi connectivity index (χ4n) is 11.6. The first-order valence-corrected chi connectivity index (χ1v) is 27.1. The number of hydrogen-bond donors (Lipinski definition) is 3. The molecule has 4 aliphatic rings. The van der Waals surface area contributed by atoms with Crippen molar-refractivity contribution in [1.82, 2.24) is 4.90 Å². The SMILES string of the molecule is COc1cc(OC)c([C@@H]2C[C@@H]3CC[C@@H](C)[C@@](O)(O3)C(=O)C(=O)N3CCCC[C@H]3C(=O)O[C@H]([C@H](C)C[C@@H]3CC[C@@H](O)[C@H](OC)C3)CC(=O)[C@H](C)/C=C(\C)[C@@H](O)[C@@H](OC)C(=O)[C@H](C)C[C@H](C)/C=C/C=C/C=C/2C)c(OC)c1. The van der Waals surface area contributed by atoms with Gasteiger partial charge in [-0.1, -0.05) is 76.6 Å². The number of esters is 1. The van der Waals surface area contributed by atoms with Crippen LogP contribution in [0.2, 0.25) is 0 Å². The van der Waals surface area contributed by atoms with Crippen LogP contribution in [0.1, 0.15) is 137 Å². The van der Waals surface area contributed by atoms with Gasteiger partial charge >= 0.3 is 5.97 Å². The summed E-state index contributed by atoms with van der Waals surface area (Å²) >= 11 is 0. The summed E-state index contributed by atoms with van der Waals surface area (Å²) in [4.78, 5) is 73.2. The zero-order valence-corrected chi connectivity index (χ0v) is 46.6. The maximum Gasteiger partial charge on any atom is 0.329 e. The standard InChI is InChI=1S/C59H87NO15/c1-34-18-14-13-15-19-35(2)44(52-50(71-10)31-43(69-8)32-51(52)72-11)30-42-23-21-40(7)59(68,75-42)56(65)57(66)60-25-17-16-20-45(60)58(67)74-48(37(4)28-41-22-24-46(61)49(29-41)70-9)33-47(62)36(3)27-39(6)54(64)55(73-12)53(63)38(5)26-34/h13-15,18-19,27,31-32,34,36-38,40-42,44-46,48-49,54-55,61,64,68H,16-17,20-26,28-30,33H2,1-12H3/b15-13+,18-14+,35-19+,39-27+/t34-,36-,37-,38-,40-,41+,42+,44-,45+,46-,48+,49-,54-,55+,59-/m1/s1. The summed E-state index contributed by atoms with van der Waals surface area (Å²) in [6, 6.07) is 2.33. The second-order valence-electron chi connectivity index (χ2n) is 21.9. The molecule has 0 aromatic heterocycles. The van der Waals surface area contributed by atoms with Crippen molar-refractivity contribution in [2.75, 3.05) is 42.1 Å². The largest absolute Gasteiger partial charge is 0.496 e.